The van der Waals surface area contributed by atoms with Crippen LogP contribution in [0.1, 0.15) is 37.3 Å². The minimum Gasteiger partial charge on any atom is -0.445 e. The monoisotopic (exact) mass is 263 g/mol. The van der Waals surface area contributed by atoms with Crippen LogP contribution < -0.4 is 0 Å². The zero-order valence-electron chi connectivity index (χ0n) is 12.1. The lowest BCUT2D eigenvalue weighted by molar-refractivity contribution is 0.176. The molecule has 1 aliphatic carbocycles. The van der Waals surface area contributed by atoms with Crippen molar-refractivity contribution in [1.82, 2.24) is 14.8 Å². The number of hydrogen-bond donors (Lipinski definition) is 0. The Morgan fingerprint density at radius 1 is 1.42 bits per heavy atom. The number of likely N-dealkylation sites (tertiary alicyclic amines) is 1. The molecule has 1 atom stereocenters. The van der Waals surface area contributed by atoms with E-state index in [4.69, 9.17) is 4.42 Å². The van der Waals surface area contributed by atoms with Crippen LogP contribution in [0.2, 0.25) is 0 Å². The lowest BCUT2D eigenvalue weighted by atomic mass is 9.85. The van der Waals surface area contributed by atoms with E-state index in [-0.39, 0.29) is 0 Å². The Morgan fingerprint density at radius 2 is 2.26 bits per heavy atom. The van der Waals surface area contributed by atoms with Crippen molar-refractivity contribution in [2.45, 2.75) is 45.2 Å². The van der Waals surface area contributed by atoms with Gasteiger partial charge in [-0.3, -0.25) is 4.90 Å². The molecule has 1 aromatic heterocycles. The molecule has 0 unspecified atom stereocenters. The van der Waals surface area contributed by atoms with E-state index in [1.807, 2.05) is 6.92 Å². The molecule has 1 aliphatic heterocycles. The van der Waals surface area contributed by atoms with Crippen LogP contribution in [0, 0.1) is 12.8 Å². The van der Waals surface area contributed by atoms with Gasteiger partial charge in [0.1, 0.15) is 5.76 Å². The van der Waals surface area contributed by atoms with Crippen LogP contribution in [0.5, 0.6) is 0 Å². The molecule has 0 amide bonds. The maximum atomic E-state index is 5.57. The molecule has 1 saturated heterocycles. The van der Waals surface area contributed by atoms with E-state index in [1.165, 1.54) is 45.3 Å². The molecule has 4 heteroatoms. The predicted octanol–water partition coefficient (Wildman–Crippen LogP) is 2.29. The summed E-state index contributed by atoms with van der Waals surface area (Å²) in [6, 6.07) is 0.660. The summed E-state index contributed by atoms with van der Waals surface area (Å²) in [6.45, 7) is 6.58. The Bertz CT molecular complexity index is 413. The van der Waals surface area contributed by atoms with Gasteiger partial charge in [-0.1, -0.05) is 6.42 Å². The molecule has 0 aromatic carbocycles. The second-order valence-electron chi connectivity index (χ2n) is 6.28. The minimum absolute atomic E-state index is 0.660. The summed E-state index contributed by atoms with van der Waals surface area (Å²) in [4.78, 5) is 9.33. The maximum absolute atomic E-state index is 5.57. The highest BCUT2D eigenvalue weighted by molar-refractivity contribution is 4.92. The Labute approximate surface area is 115 Å². The van der Waals surface area contributed by atoms with Crippen LogP contribution in [0.25, 0.3) is 0 Å². The van der Waals surface area contributed by atoms with Gasteiger partial charge in [0.25, 0.3) is 0 Å². The molecule has 2 heterocycles. The average Bonchev–Trinajstić information content (AvgIpc) is 2.93. The molecule has 0 N–H and O–H groups in total. The molecule has 2 fully saturated rings. The Balaban J connectivity index is 1.46. The molecule has 1 saturated carbocycles. The van der Waals surface area contributed by atoms with E-state index in [0.29, 0.717) is 6.04 Å². The summed E-state index contributed by atoms with van der Waals surface area (Å²) >= 11 is 0. The van der Waals surface area contributed by atoms with Gasteiger partial charge >= 0.3 is 0 Å². The standard InChI is InChI=1S/C15H25N3O/c1-12-8-16-15(19-12)11-17(2)14-6-7-18(10-14)9-13-4-3-5-13/h8,13-14H,3-7,9-11H2,1-2H3/t14-/m0/s1. The quantitative estimate of drug-likeness (QED) is 0.816. The average molecular weight is 263 g/mol. The fourth-order valence-electron chi connectivity index (χ4n) is 3.20. The van der Waals surface area contributed by atoms with Crippen molar-refractivity contribution in [2.24, 2.45) is 5.92 Å². The summed E-state index contributed by atoms with van der Waals surface area (Å²) in [5.41, 5.74) is 0. The molecule has 106 valence electrons. The van der Waals surface area contributed by atoms with Gasteiger partial charge < -0.3 is 9.32 Å². The molecule has 2 aliphatic rings. The van der Waals surface area contributed by atoms with Crippen LogP contribution in [-0.2, 0) is 6.54 Å². The summed E-state index contributed by atoms with van der Waals surface area (Å²) in [5, 5.41) is 0. The molecule has 0 radical (unpaired) electrons. The second kappa shape index (κ2) is 5.63. The van der Waals surface area contributed by atoms with Gasteiger partial charge in [0.2, 0.25) is 5.89 Å². The number of rotatable bonds is 5. The van der Waals surface area contributed by atoms with E-state index in [1.54, 1.807) is 6.20 Å². The van der Waals surface area contributed by atoms with Gasteiger partial charge in [0.15, 0.2) is 0 Å². The number of oxazole rings is 1. The van der Waals surface area contributed by atoms with Crippen LogP contribution in [0.4, 0.5) is 0 Å². The summed E-state index contributed by atoms with van der Waals surface area (Å²) in [6.07, 6.45) is 7.44. The van der Waals surface area contributed by atoms with E-state index in [2.05, 4.69) is 21.8 Å². The van der Waals surface area contributed by atoms with Gasteiger partial charge in [0, 0.05) is 19.1 Å². The van der Waals surface area contributed by atoms with E-state index >= 15 is 0 Å². The first kappa shape index (κ1) is 13.1. The zero-order valence-corrected chi connectivity index (χ0v) is 12.1. The highest BCUT2D eigenvalue weighted by Gasteiger charge is 2.29. The number of nitrogens with zero attached hydrogens (tertiary/aromatic N) is 3. The van der Waals surface area contributed by atoms with Crippen molar-refractivity contribution in [2.75, 3.05) is 26.7 Å². The molecule has 19 heavy (non-hydrogen) atoms. The molecule has 0 bridgehead atoms. The number of hydrogen-bond acceptors (Lipinski definition) is 4. The Hall–Kier alpha value is -0.870. The third-order valence-electron chi connectivity index (χ3n) is 4.67. The van der Waals surface area contributed by atoms with Crippen LogP contribution in [0.15, 0.2) is 10.6 Å². The van der Waals surface area contributed by atoms with Crippen molar-refractivity contribution in [1.29, 1.82) is 0 Å². The SMILES string of the molecule is Cc1cnc(CN(C)[C@H]2CCN(CC3CCC3)C2)o1. The molecular formula is C15H25N3O. The summed E-state index contributed by atoms with van der Waals surface area (Å²) < 4.78 is 5.57. The minimum atomic E-state index is 0.660. The van der Waals surface area contributed by atoms with Crippen LogP contribution in [-0.4, -0.2) is 47.5 Å². The zero-order chi connectivity index (χ0) is 13.2. The van der Waals surface area contributed by atoms with Gasteiger partial charge in [-0.05, 0) is 45.7 Å². The number of likely N-dealkylation sites (N-methyl/N-ethyl adjacent to an activating group) is 1. The normalized spacial score (nSPS) is 25.1. The van der Waals surface area contributed by atoms with Crippen molar-refractivity contribution in [3.05, 3.63) is 17.8 Å². The Kier molecular flexibility index (Phi) is 3.89. The van der Waals surface area contributed by atoms with Crippen molar-refractivity contribution in [3.63, 3.8) is 0 Å². The summed E-state index contributed by atoms with van der Waals surface area (Å²) in [5.74, 6) is 2.73. The van der Waals surface area contributed by atoms with Crippen LogP contribution >= 0.6 is 0 Å². The highest BCUT2D eigenvalue weighted by atomic mass is 16.4. The van der Waals surface area contributed by atoms with E-state index in [0.717, 1.165) is 24.1 Å². The maximum Gasteiger partial charge on any atom is 0.208 e. The van der Waals surface area contributed by atoms with Crippen molar-refractivity contribution in [3.8, 4) is 0 Å². The third-order valence-corrected chi connectivity index (χ3v) is 4.67. The Morgan fingerprint density at radius 3 is 2.89 bits per heavy atom. The first-order valence-corrected chi connectivity index (χ1v) is 7.54. The first-order chi connectivity index (χ1) is 9.20. The first-order valence-electron chi connectivity index (χ1n) is 7.54. The smallest absolute Gasteiger partial charge is 0.208 e. The number of aromatic nitrogens is 1. The fourth-order valence-corrected chi connectivity index (χ4v) is 3.20. The van der Waals surface area contributed by atoms with Crippen LogP contribution in [0.3, 0.4) is 0 Å². The molecule has 1 aromatic rings. The van der Waals surface area contributed by atoms with Gasteiger partial charge in [-0.2, -0.15) is 0 Å². The molecule has 3 rings (SSSR count). The van der Waals surface area contributed by atoms with Crippen molar-refractivity contribution < 1.29 is 4.42 Å². The topological polar surface area (TPSA) is 32.5 Å². The largest absolute Gasteiger partial charge is 0.445 e. The highest BCUT2D eigenvalue weighted by Crippen LogP contribution is 2.28. The summed E-state index contributed by atoms with van der Waals surface area (Å²) in [7, 11) is 2.19. The lowest BCUT2D eigenvalue weighted by Crippen LogP contribution is -2.36. The fraction of sp³-hybridized carbons (Fsp3) is 0.800. The lowest BCUT2D eigenvalue weighted by Gasteiger charge is -2.30. The molecular weight excluding hydrogens is 238 g/mol. The van der Waals surface area contributed by atoms with Gasteiger partial charge in [0.05, 0.1) is 12.7 Å². The molecule has 0 spiro atoms. The van der Waals surface area contributed by atoms with Gasteiger partial charge in [-0.25, -0.2) is 4.98 Å². The third kappa shape index (κ3) is 3.18. The predicted molar refractivity (Wildman–Crippen MR) is 74.9 cm³/mol. The van der Waals surface area contributed by atoms with Crippen molar-refractivity contribution >= 4 is 0 Å². The van der Waals surface area contributed by atoms with E-state index in [9.17, 15) is 0 Å². The molecule has 4 nitrogen and oxygen atoms in total. The van der Waals surface area contributed by atoms with E-state index < -0.39 is 0 Å². The van der Waals surface area contributed by atoms with Gasteiger partial charge in [-0.15, -0.1) is 0 Å². The second-order valence-corrected chi connectivity index (χ2v) is 6.28. The number of aryl methyl sites for hydroxylation is 1.